The Morgan fingerprint density at radius 3 is 2.45 bits per heavy atom. The summed E-state index contributed by atoms with van der Waals surface area (Å²) in [5, 5.41) is 13.0. The zero-order chi connectivity index (χ0) is 14.9. The van der Waals surface area contributed by atoms with E-state index in [-0.39, 0.29) is 17.1 Å². The van der Waals surface area contributed by atoms with Gasteiger partial charge in [0.05, 0.1) is 10.6 Å². The molecule has 0 unspecified atom stereocenters. The fourth-order valence-corrected chi connectivity index (χ4v) is 1.61. The van der Waals surface area contributed by atoms with E-state index in [1.165, 1.54) is 6.07 Å². The Kier molecular flexibility index (Phi) is 3.47. The average molecular weight is 283 g/mol. The van der Waals surface area contributed by atoms with Gasteiger partial charge < -0.3 is 11.1 Å². The first-order valence-electron chi connectivity index (χ1n) is 5.33. The maximum absolute atomic E-state index is 13.5. The van der Waals surface area contributed by atoms with E-state index in [1.807, 2.05) is 0 Å². The molecule has 0 saturated carbocycles. The van der Waals surface area contributed by atoms with Crippen molar-refractivity contribution >= 4 is 22.7 Å². The third kappa shape index (κ3) is 2.79. The zero-order valence-electron chi connectivity index (χ0n) is 9.86. The first-order valence-corrected chi connectivity index (χ1v) is 5.33. The highest BCUT2D eigenvalue weighted by Gasteiger charge is 2.13. The lowest BCUT2D eigenvalue weighted by Crippen LogP contribution is -2.00. The molecule has 0 spiro atoms. The van der Waals surface area contributed by atoms with Gasteiger partial charge in [-0.1, -0.05) is 0 Å². The molecule has 0 bridgehead atoms. The van der Waals surface area contributed by atoms with E-state index in [0.717, 1.165) is 18.2 Å². The largest absolute Gasteiger partial charge is 0.398 e. The van der Waals surface area contributed by atoms with Crippen molar-refractivity contribution in [2.24, 2.45) is 0 Å². The molecule has 5 nitrogen and oxygen atoms in total. The lowest BCUT2D eigenvalue weighted by atomic mass is 10.2. The number of nitro benzene ring substituents is 1. The lowest BCUT2D eigenvalue weighted by Gasteiger charge is -2.09. The molecule has 0 aliphatic heterocycles. The minimum atomic E-state index is -1.37. The number of hydrogen-bond donors (Lipinski definition) is 2. The Balaban J connectivity index is 2.42. The minimum absolute atomic E-state index is 0.0422. The SMILES string of the molecule is Nc1cc(Nc2cc(F)cc(F)c2F)cc([N+](=O)[O-])c1. The number of halogens is 3. The Bertz CT molecular complexity index is 692. The van der Waals surface area contributed by atoms with Crippen LogP contribution in [0.1, 0.15) is 0 Å². The van der Waals surface area contributed by atoms with Crippen LogP contribution in [-0.4, -0.2) is 4.92 Å². The number of rotatable bonds is 3. The topological polar surface area (TPSA) is 81.2 Å². The Morgan fingerprint density at radius 1 is 1.10 bits per heavy atom. The number of non-ortho nitro benzene ring substituents is 1. The molecule has 0 radical (unpaired) electrons. The van der Waals surface area contributed by atoms with Crippen molar-refractivity contribution in [1.29, 1.82) is 0 Å². The molecule has 0 heterocycles. The van der Waals surface area contributed by atoms with Gasteiger partial charge in [0, 0.05) is 35.6 Å². The summed E-state index contributed by atoms with van der Waals surface area (Å²) in [7, 11) is 0. The number of nitrogens with one attached hydrogen (secondary N) is 1. The van der Waals surface area contributed by atoms with Gasteiger partial charge in [0.25, 0.3) is 5.69 Å². The van der Waals surface area contributed by atoms with Gasteiger partial charge in [-0.25, -0.2) is 13.2 Å². The van der Waals surface area contributed by atoms with E-state index in [1.54, 1.807) is 0 Å². The standard InChI is InChI=1S/C12H8F3N3O2/c13-6-1-10(14)12(15)11(2-6)17-8-3-7(16)4-9(5-8)18(19)20/h1-5,17H,16H2. The van der Waals surface area contributed by atoms with Crippen LogP contribution in [0.25, 0.3) is 0 Å². The summed E-state index contributed by atoms with van der Waals surface area (Å²) >= 11 is 0. The van der Waals surface area contributed by atoms with E-state index < -0.39 is 28.1 Å². The highest BCUT2D eigenvalue weighted by Crippen LogP contribution is 2.27. The number of hydrogen-bond acceptors (Lipinski definition) is 4. The van der Waals surface area contributed by atoms with E-state index in [0.29, 0.717) is 6.07 Å². The Morgan fingerprint density at radius 2 is 1.80 bits per heavy atom. The van der Waals surface area contributed by atoms with Crippen LogP contribution in [0.5, 0.6) is 0 Å². The van der Waals surface area contributed by atoms with E-state index >= 15 is 0 Å². The number of nitro groups is 1. The van der Waals surface area contributed by atoms with Gasteiger partial charge in [-0.2, -0.15) is 0 Å². The summed E-state index contributed by atoms with van der Waals surface area (Å²) in [6.45, 7) is 0. The van der Waals surface area contributed by atoms with Crippen molar-refractivity contribution in [3.05, 3.63) is 57.9 Å². The predicted octanol–water partition coefficient (Wildman–Crippen LogP) is 3.34. The van der Waals surface area contributed by atoms with Gasteiger partial charge in [-0.15, -0.1) is 0 Å². The zero-order valence-corrected chi connectivity index (χ0v) is 9.86. The summed E-state index contributed by atoms with van der Waals surface area (Å²) < 4.78 is 39.5. The molecule has 2 aromatic carbocycles. The average Bonchev–Trinajstić information content (AvgIpc) is 2.34. The summed E-state index contributed by atoms with van der Waals surface area (Å²) in [6, 6.07) is 4.57. The van der Waals surface area contributed by atoms with Crippen molar-refractivity contribution in [2.75, 3.05) is 11.1 Å². The molecule has 0 aliphatic rings. The second-order valence-electron chi connectivity index (χ2n) is 3.94. The lowest BCUT2D eigenvalue weighted by molar-refractivity contribution is -0.384. The van der Waals surface area contributed by atoms with Crippen molar-refractivity contribution in [3.8, 4) is 0 Å². The quantitative estimate of drug-likeness (QED) is 0.392. The van der Waals surface area contributed by atoms with Crippen LogP contribution in [0.4, 0.5) is 35.9 Å². The van der Waals surface area contributed by atoms with Crippen molar-refractivity contribution in [3.63, 3.8) is 0 Å². The number of benzene rings is 2. The third-order valence-electron chi connectivity index (χ3n) is 2.42. The van der Waals surface area contributed by atoms with Crippen LogP contribution < -0.4 is 11.1 Å². The van der Waals surface area contributed by atoms with Gasteiger partial charge in [0.1, 0.15) is 5.82 Å². The summed E-state index contributed by atoms with van der Waals surface area (Å²) in [5.41, 5.74) is 4.75. The van der Waals surface area contributed by atoms with Gasteiger partial charge in [-0.05, 0) is 6.07 Å². The maximum atomic E-state index is 13.5. The third-order valence-corrected chi connectivity index (χ3v) is 2.42. The molecule has 0 atom stereocenters. The van der Waals surface area contributed by atoms with Gasteiger partial charge >= 0.3 is 0 Å². The molecule has 8 heteroatoms. The van der Waals surface area contributed by atoms with Gasteiger partial charge in [-0.3, -0.25) is 10.1 Å². The molecule has 0 aromatic heterocycles. The molecule has 0 amide bonds. The highest BCUT2D eigenvalue weighted by molar-refractivity contribution is 5.68. The summed E-state index contributed by atoms with van der Waals surface area (Å²) in [5.74, 6) is -3.65. The molecule has 104 valence electrons. The molecular formula is C12H8F3N3O2. The monoisotopic (exact) mass is 283 g/mol. The highest BCUT2D eigenvalue weighted by atomic mass is 19.2. The molecule has 2 rings (SSSR count). The van der Waals surface area contributed by atoms with Crippen molar-refractivity contribution in [1.82, 2.24) is 0 Å². The molecule has 3 N–H and O–H groups in total. The van der Waals surface area contributed by atoms with Crippen LogP contribution in [-0.2, 0) is 0 Å². The van der Waals surface area contributed by atoms with Crippen molar-refractivity contribution < 1.29 is 18.1 Å². The molecule has 0 saturated heterocycles. The van der Waals surface area contributed by atoms with Crippen LogP contribution in [0.2, 0.25) is 0 Å². The molecule has 2 aromatic rings. The van der Waals surface area contributed by atoms with E-state index in [2.05, 4.69) is 5.32 Å². The van der Waals surface area contributed by atoms with E-state index in [4.69, 9.17) is 5.73 Å². The molecule has 20 heavy (non-hydrogen) atoms. The second-order valence-corrected chi connectivity index (χ2v) is 3.94. The second kappa shape index (κ2) is 5.08. The Labute approximate surface area is 111 Å². The van der Waals surface area contributed by atoms with Gasteiger partial charge in [0.2, 0.25) is 0 Å². The molecular weight excluding hydrogens is 275 g/mol. The van der Waals surface area contributed by atoms with Crippen LogP contribution >= 0.6 is 0 Å². The maximum Gasteiger partial charge on any atom is 0.273 e. The minimum Gasteiger partial charge on any atom is -0.398 e. The smallest absolute Gasteiger partial charge is 0.273 e. The Hall–Kier alpha value is -2.77. The van der Waals surface area contributed by atoms with Crippen LogP contribution in [0, 0.1) is 27.6 Å². The number of anilines is 3. The fraction of sp³-hybridized carbons (Fsp3) is 0. The number of nitrogens with zero attached hydrogens (tertiary/aromatic N) is 1. The first kappa shape index (κ1) is 13.7. The number of nitrogens with two attached hydrogens (primary N) is 1. The summed E-state index contributed by atoms with van der Waals surface area (Å²) in [6.07, 6.45) is 0. The first-order chi connectivity index (χ1) is 9.36. The van der Waals surface area contributed by atoms with Crippen LogP contribution in [0.15, 0.2) is 30.3 Å². The normalized spacial score (nSPS) is 10.3. The van der Waals surface area contributed by atoms with Crippen molar-refractivity contribution in [2.45, 2.75) is 0 Å². The van der Waals surface area contributed by atoms with Gasteiger partial charge in [0.15, 0.2) is 11.6 Å². The van der Waals surface area contributed by atoms with Crippen LogP contribution in [0.3, 0.4) is 0 Å². The number of nitrogen functional groups attached to an aromatic ring is 1. The predicted molar refractivity (Wildman–Crippen MR) is 67.1 cm³/mol. The molecule has 0 fully saturated rings. The van der Waals surface area contributed by atoms with E-state index in [9.17, 15) is 23.3 Å². The fourth-order valence-electron chi connectivity index (χ4n) is 1.61. The molecule has 0 aliphatic carbocycles. The summed E-state index contributed by atoms with van der Waals surface area (Å²) in [4.78, 5) is 9.97.